The molecule has 0 aromatic rings. The van der Waals surface area contributed by atoms with E-state index in [0.717, 1.165) is 56.6 Å². The number of fused-ring (bicyclic) bond motifs is 2. The number of piperazine rings is 1. The van der Waals surface area contributed by atoms with E-state index < -0.39 is 0 Å². The van der Waals surface area contributed by atoms with Crippen molar-refractivity contribution in [2.75, 3.05) is 45.8 Å². The Morgan fingerprint density at radius 3 is 2.38 bits per heavy atom. The fraction of sp³-hybridized carbons (Fsp3) is 0.857. The number of guanidine groups is 1. The number of hydrogen-bond donors (Lipinski definition) is 1. The molecule has 2 saturated heterocycles. The Morgan fingerprint density at radius 2 is 1.79 bits per heavy atom. The molecule has 8 heteroatoms. The summed E-state index contributed by atoms with van der Waals surface area (Å²) < 4.78 is 0. The number of nitrogens with zero attached hydrogens (tertiary/aromatic N) is 4. The van der Waals surface area contributed by atoms with Gasteiger partial charge in [0.2, 0.25) is 11.8 Å². The molecule has 1 N–H and O–H groups in total. The molecule has 4 fully saturated rings. The van der Waals surface area contributed by atoms with Gasteiger partial charge in [0.25, 0.3) is 0 Å². The number of piperidine rings is 1. The van der Waals surface area contributed by atoms with Crippen LogP contribution in [0.1, 0.15) is 51.9 Å². The number of aliphatic imine (C=N–C) groups is 1. The first kappa shape index (κ1) is 22.8. The van der Waals surface area contributed by atoms with E-state index in [0.29, 0.717) is 32.4 Å². The number of carbonyl (C=O) groups excluding carboxylic acids is 2. The van der Waals surface area contributed by atoms with Crippen molar-refractivity contribution in [2.45, 2.75) is 57.9 Å². The molecule has 4 aliphatic rings. The van der Waals surface area contributed by atoms with Gasteiger partial charge in [-0.15, -0.1) is 24.0 Å². The lowest BCUT2D eigenvalue weighted by Gasteiger charge is -2.42. The molecular weight excluding hydrogens is 481 g/mol. The van der Waals surface area contributed by atoms with Crippen molar-refractivity contribution in [3.05, 3.63) is 0 Å². The standard InChI is InChI=1S/C21H35N5O2.HI/c1-2-22-21(23-8-9-26-19(27)4-3-5-20(26)28)25-12-10-24(11-13-25)18-15-16-6-7-17(18)14-16;/h16-18H,2-15H2,1H3,(H,22,23);1H. The first-order valence-corrected chi connectivity index (χ1v) is 11.3. The van der Waals surface area contributed by atoms with Crippen molar-refractivity contribution in [3.63, 3.8) is 0 Å². The number of imide groups is 1. The van der Waals surface area contributed by atoms with Gasteiger partial charge >= 0.3 is 0 Å². The minimum atomic E-state index is -0.0454. The van der Waals surface area contributed by atoms with E-state index in [1.54, 1.807) is 0 Å². The molecular formula is C21H36IN5O2. The highest BCUT2D eigenvalue weighted by molar-refractivity contribution is 14.0. The average Bonchev–Trinajstić information content (AvgIpc) is 3.33. The Labute approximate surface area is 191 Å². The Bertz CT molecular complexity index is 604. The molecule has 0 radical (unpaired) electrons. The Balaban J connectivity index is 0.00000240. The molecule has 3 unspecified atom stereocenters. The number of likely N-dealkylation sites (tertiary alicyclic amines) is 1. The third kappa shape index (κ3) is 5.24. The first-order valence-electron chi connectivity index (χ1n) is 11.3. The zero-order chi connectivity index (χ0) is 19.5. The smallest absolute Gasteiger partial charge is 0.229 e. The van der Waals surface area contributed by atoms with E-state index in [4.69, 9.17) is 4.99 Å². The monoisotopic (exact) mass is 517 g/mol. The van der Waals surface area contributed by atoms with E-state index in [2.05, 4.69) is 22.0 Å². The van der Waals surface area contributed by atoms with Crippen LogP contribution in [-0.2, 0) is 9.59 Å². The van der Waals surface area contributed by atoms with Crippen LogP contribution in [0.4, 0.5) is 0 Å². The molecule has 2 bridgehead atoms. The predicted octanol–water partition coefficient (Wildman–Crippen LogP) is 1.92. The van der Waals surface area contributed by atoms with Crippen LogP contribution in [0.3, 0.4) is 0 Å². The quantitative estimate of drug-likeness (QED) is 0.261. The second-order valence-corrected chi connectivity index (χ2v) is 8.79. The van der Waals surface area contributed by atoms with Gasteiger partial charge in [-0.3, -0.25) is 24.4 Å². The summed E-state index contributed by atoms with van der Waals surface area (Å²) in [5, 5.41) is 3.39. The van der Waals surface area contributed by atoms with Crippen molar-refractivity contribution in [1.82, 2.24) is 20.0 Å². The molecule has 2 amide bonds. The van der Waals surface area contributed by atoms with Crippen LogP contribution in [0.5, 0.6) is 0 Å². The molecule has 0 aromatic carbocycles. The summed E-state index contributed by atoms with van der Waals surface area (Å²) in [5.74, 6) is 2.77. The molecule has 2 heterocycles. The lowest BCUT2D eigenvalue weighted by molar-refractivity contribution is -0.147. The predicted molar refractivity (Wildman–Crippen MR) is 124 cm³/mol. The van der Waals surface area contributed by atoms with Crippen molar-refractivity contribution in [1.29, 1.82) is 0 Å². The summed E-state index contributed by atoms with van der Waals surface area (Å²) in [6.07, 6.45) is 7.43. The molecule has 0 aromatic heterocycles. The lowest BCUT2D eigenvalue weighted by Crippen LogP contribution is -2.55. The molecule has 0 spiro atoms. The molecule has 2 aliphatic heterocycles. The van der Waals surface area contributed by atoms with E-state index >= 15 is 0 Å². The summed E-state index contributed by atoms with van der Waals surface area (Å²) in [4.78, 5) is 35.1. The van der Waals surface area contributed by atoms with Crippen LogP contribution in [0.25, 0.3) is 0 Å². The maximum atomic E-state index is 11.9. The fourth-order valence-corrected chi connectivity index (χ4v) is 5.65. The Hall–Kier alpha value is -0.900. The molecule has 164 valence electrons. The van der Waals surface area contributed by atoms with Crippen molar-refractivity contribution in [3.8, 4) is 0 Å². The van der Waals surface area contributed by atoms with Crippen LogP contribution < -0.4 is 5.32 Å². The van der Waals surface area contributed by atoms with E-state index in [-0.39, 0.29) is 35.8 Å². The van der Waals surface area contributed by atoms with Gasteiger partial charge in [0.1, 0.15) is 0 Å². The van der Waals surface area contributed by atoms with E-state index in [9.17, 15) is 9.59 Å². The number of rotatable bonds is 5. The van der Waals surface area contributed by atoms with Gasteiger partial charge in [-0.1, -0.05) is 6.42 Å². The summed E-state index contributed by atoms with van der Waals surface area (Å²) in [5.41, 5.74) is 0. The molecule has 7 nitrogen and oxygen atoms in total. The highest BCUT2D eigenvalue weighted by atomic mass is 127. The third-order valence-corrected chi connectivity index (χ3v) is 7.09. The summed E-state index contributed by atoms with van der Waals surface area (Å²) in [6.45, 7) is 8.02. The van der Waals surface area contributed by atoms with Crippen molar-refractivity contribution >= 4 is 41.8 Å². The highest BCUT2D eigenvalue weighted by Gasteiger charge is 2.42. The van der Waals surface area contributed by atoms with Gasteiger partial charge in [-0.05, 0) is 44.4 Å². The van der Waals surface area contributed by atoms with Gasteiger partial charge < -0.3 is 10.2 Å². The zero-order valence-electron chi connectivity index (χ0n) is 17.6. The summed E-state index contributed by atoms with van der Waals surface area (Å²) in [6, 6.07) is 0.816. The number of carbonyl (C=O) groups is 2. The largest absolute Gasteiger partial charge is 0.357 e. The van der Waals surface area contributed by atoms with Gasteiger partial charge in [0.15, 0.2) is 5.96 Å². The Morgan fingerprint density at radius 1 is 1.07 bits per heavy atom. The first-order chi connectivity index (χ1) is 13.7. The lowest BCUT2D eigenvalue weighted by atomic mass is 9.93. The number of amides is 2. The zero-order valence-corrected chi connectivity index (χ0v) is 20.0. The Kier molecular flexibility index (Phi) is 8.18. The minimum absolute atomic E-state index is 0. The fourth-order valence-electron chi connectivity index (χ4n) is 5.65. The SMILES string of the molecule is CCNC(=NCCN1C(=O)CCCC1=O)N1CCN(C2CC3CCC2C3)CC1.I. The van der Waals surface area contributed by atoms with Gasteiger partial charge in [0, 0.05) is 58.2 Å². The second kappa shape index (κ2) is 10.4. The molecule has 29 heavy (non-hydrogen) atoms. The van der Waals surface area contributed by atoms with Crippen LogP contribution in [-0.4, -0.2) is 84.3 Å². The van der Waals surface area contributed by atoms with Crippen LogP contribution >= 0.6 is 24.0 Å². The van der Waals surface area contributed by atoms with Gasteiger partial charge in [-0.2, -0.15) is 0 Å². The second-order valence-electron chi connectivity index (χ2n) is 8.79. The topological polar surface area (TPSA) is 68.2 Å². The van der Waals surface area contributed by atoms with E-state index in [1.165, 1.54) is 30.6 Å². The summed E-state index contributed by atoms with van der Waals surface area (Å²) in [7, 11) is 0. The maximum Gasteiger partial charge on any atom is 0.229 e. The van der Waals surface area contributed by atoms with Crippen LogP contribution in [0, 0.1) is 11.8 Å². The summed E-state index contributed by atoms with van der Waals surface area (Å²) >= 11 is 0. The van der Waals surface area contributed by atoms with Crippen LogP contribution in [0.15, 0.2) is 4.99 Å². The maximum absolute atomic E-state index is 11.9. The van der Waals surface area contributed by atoms with Crippen molar-refractivity contribution < 1.29 is 9.59 Å². The normalized spacial score (nSPS) is 30.7. The average molecular weight is 517 g/mol. The van der Waals surface area contributed by atoms with Gasteiger partial charge in [0.05, 0.1) is 6.54 Å². The number of halogens is 1. The minimum Gasteiger partial charge on any atom is -0.357 e. The van der Waals surface area contributed by atoms with Crippen LogP contribution in [0.2, 0.25) is 0 Å². The molecule has 2 saturated carbocycles. The number of hydrogen-bond acceptors (Lipinski definition) is 4. The molecule has 2 aliphatic carbocycles. The van der Waals surface area contributed by atoms with E-state index in [1.807, 2.05) is 0 Å². The van der Waals surface area contributed by atoms with Gasteiger partial charge in [-0.25, -0.2) is 0 Å². The van der Waals surface area contributed by atoms with Crippen molar-refractivity contribution in [2.24, 2.45) is 16.8 Å². The molecule has 4 rings (SSSR count). The third-order valence-electron chi connectivity index (χ3n) is 7.09. The number of nitrogens with one attached hydrogen (secondary N) is 1. The highest BCUT2D eigenvalue weighted by Crippen LogP contribution is 2.46. The molecule has 3 atom stereocenters.